The van der Waals surface area contributed by atoms with Crippen molar-refractivity contribution in [1.29, 1.82) is 0 Å². The van der Waals surface area contributed by atoms with Crippen LogP contribution >= 0.6 is 0 Å². The Morgan fingerprint density at radius 2 is 1.81 bits per heavy atom. The number of fused-ring (bicyclic) bond motifs is 1. The Bertz CT molecular complexity index is 1090. The molecule has 2 heterocycles. The minimum atomic E-state index is -3.69. The molecular formula is C24H30N2O5S. The lowest BCUT2D eigenvalue weighted by atomic mass is 9.98. The molecule has 172 valence electrons. The zero-order valence-electron chi connectivity index (χ0n) is 18.7. The predicted octanol–water partition coefficient (Wildman–Crippen LogP) is 2.87. The molecule has 1 saturated heterocycles. The molecule has 32 heavy (non-hydrogen) atoms. The lowest BCUT2D eigenvalue weighted by Gasteiger charge is -2.30. The summed E-state index contributed by atoms with van der Waals surface area (Å²) in [4.78, 5) is 15.3. The third-order valence-electron chi connectivity index (χ3n) is 6.07. The van der Waals surface area contributed by atoms with Crippen LogP contribution in [0.1, 0.15) is 40.9 Å². The molecule has 0 bridgehead atoms. The highest BCUT2D eigenvalue weighted by molar-refractivity contribution is 7.89. The van der Waals surface area contributed by atoms with Crippen molar-refractivity contribution in [3.05, 3.63) is 58.7 Å². The third kappa shape index (κ3) is 4.53. The van der Waals surface area contributed by atoms with Crippen molar-refractivity contribution in [3.63, 3.8) is 0 Å². The smallest absolute Gasteiger partial charge is 0.254 e. The van der Waals surface area contributed by atoms with Crippen molar-refractivity contribution in [2.24, 2.45) is 0 Å². The van der Waals surface area contributed by atoms with E-state index in [2.05, 4.69) is 6.07 Å². The number of nitrogens with zero attached hydrogens (tertiary/aromatic N) is 2. The van der Waals surface area contributed by atoms with Crippen LogP contribution in [0.25, 0.3) is 0 Å². The van der Waals surface area contributed by atoms with Crippen LogP contribution in [-0.2, 0) is 34.1 Å². The molecule has 0 atom stereocenters. The summed E-state index contributed by atoms with van der Waals surface area (Å²) < 4.78 is 39.0. The highest BCUT2D eigenvalue weighted by Crippen LogP contribution is 2.27. The van der Waals surface area contributed by atoms with E-state index < -0.39 is 10.0 Å². The summed E-state index contributed by atoms with van der Waals surface area (Å²) in [5.74, 6) is 0.644. The minimum Gasteiger partial charge on any atom is -0.494 e. The van der Waals surface area contributed by atoms with Crippen molar-refractivity contribution < 1.29 is 22.7 Å². The lowest BCUT2D eigenvalue weighted by Crippen LogP contribution is -2.41. The van der Waals surface area contributed by atoms with E-state index in [9.17, 15) is 13.2 Å². The van der Waals surface area contributed by atoms with Crippen LogP contribution < -0.4 is 4.74 Å². The molecule has 0 N–H and O–H groups in total. The number of amides is 1. The van der Waals surface area contributed by atoms with Gasteiger partial charge < -0.3 is 14.4 Å². The molecule has 0 aromatic heterocycles. The molecule has 0 aliphatic carbocycles. The van der Waals surface area contributed by atoms with E-state index in [1.54, 1.807) is 23.1 Å². The monoisotopic (exact) mass is 458 g/mol. The van der Waals surface area contributed by atoms with Crippen LogP contribution in [0.4, 0.5) is 0 Å². The van der Waals surface area contributed by atoms with Crippen molar-refractivity contribution in [2.75, 3.05) is 39.5 Å². The number of aryl methyl sites for hydroxylation is 1. The second-order valence-corrected chi connectivity index (χ2v) is 9.94. The summed E-state index contributed by atoms with van der Waals surface area (Å²) in [7, 11) is -3.69. The van der Waals surface area contributed by atoms with Gasteiger partial charge >= 0.3 is 0 Å². The Kier molecular flexibility index (Phi) is 6.83. The number of morpholine rings is 1. The summed E-state index contributed by atoms with van der Waals surface area (Å²) in [6.07, 6.45) is 1.34. The zero-order valence-corrected chi connectivity index (χ0v) is 19.5. The topological polar surface area (TPSA) is 76.2 Å². The molecular weight excluding hydrogens is 428 g/mol. The fourth-order valence-corrected chi connectivity index (χ4v) is 6.02. The molecule has 2 aromatic rings. The maximum Gasteiger partial charge on any atom is 0.254 e. The fraction of sp³-hybridized carbons (Fsp3) is 0.458. The molecule has 8 heteroatoms. The van der Waals surface area contributed by atoms with Crippen LogP contribution in [0.3, 0.4) is 0 Å². The quantitative estimate of drug-likeness (QED) is 0.665. The third-order valence-corrected chi connectivity index (χ3v) is 8.05. The Labute approximate surface area is 190 Å². The number of hydrogen-bond donors (Lipinski definition) is 0. The van der Waals surface area contributed by atoms with Gasteiger partial charge in [0.15, 0.2) is 0 Å². The van der Waals surface area contributed by atoms with Crippen molar-refractivity contribution in [2.45, 2.75) is 38.1 Å². The van der Waals surface area contributed by atoms with Crippen molar-refractivity contribution >= 4 is 15.9 Å². The van der Waals surface area contributed by atoms with Crippen LogP contribution in [-0.4, -0.2) is 63.0 Å². The summed E-state index contributed by atoms with van der Waals surface area (Å²) in [6, 6.07) is 11.1. The van der Waals surface area contributed by atoms with Crippen molar-refractivity contribution in [3.8, 4) is 5.75 Å². The van der Waals surface area contributed by atoms with E-state index >= 15 is 0 Å². The average molecular weight is 459 g/mol. The van der Waals surface area contributed by atoms with Gasteiger partial charge in [0.2, 0.25) is 10.0 Å². The van der Waals surface area contributed by atoms with Gasteiger partial charge in [-0.25, -0.2) is 8.42 Å². The Balaban J connectivity index is 1.61. The molecule has 1 fully saturated rings. The Hall–Kier alpha value is -2.42. The molecule has 0 spiro atoms. The number of sulfonamides is 1. The summed E-state index contributed by atoms with van der Waals surface area (Å²) >= 11 is 0. The molecule has 0 radical (unpaired) electrons. The van der Waals surface area contributed by atoms with Gasteiger partial charge in [0.1, 0.15) is 5.75 Å². The van der Waals surface area contributed by atoms with Gasteiger partial charge in [0, 0.05) is 31.7 Å². The minimum absolute atomic E-state index is 0.154. The first kappa shape index (κ1) is 22.8. The lowest BCUT2D eigenvalue weighted by molar-refractivity contribution is 0.0727. The first-order chi connectivity index (χ1) is 15.4. The summed E-state index contributed by atoms with van der Waals surface area (Å²) in [5, 5.41) is 0. The highest BCUT2D eigenvalue weighted by Gasteiger charge is 2.30. The second-order valence-electron chi connectivity index (χ2n) is 8.03. The summed E-state index contributed by atoms with van der Waals surface area (Å²) in [5.41, 5.74) is 3.41. The first-order valence-electron chi connectivity index (χ1n) is 11.2. The maximum atomic E-state index is 13.3. The number of carbonyl (C=O) groups is 1. The van der Waals surface area contributed by atoms with Crippen LogP contribution in [0.5, 0.6) is 5.75 Å². The SMILES string of the molecule is CCOc1ccc2c(c1)CN(C(=O)c1ccc(CC)c(S(=O)(=O)N3CCOCC3)c1)CC2. The number of ether oxygens (including phenoxy) is 2. The molecule has 1 amide bonds. The van der Waals surface area contributed by atoms with E-state index in [0.29, 0.717) is 58.0 Å². The van der Waals surface area contributed by atoms with Gasteiger partial charge in [-0.3, -0.25) is 4.79 Å². The number of carbonyl (C=O) groups excluding carboxylic acids is 1. The number of benzene rings is 2. The number of hydrogen-bond acceptors (Lipinski definition) is 5. The largest absolute Gasteiger partial charge is 0.494 e. The van der Waals surface area contributed by atoms with E-state index in [-0.39, 0.29) is 10.8 Å². The average Bonchev–Trinajstić information content (AvgIpc) is 2.83. The fourth-order valence-electron chi connectivity index (χ4n) is 4.29. The standard InChI is InChI=1S/C24H30N2O5S/c1-3-18-5-6-20(16-23(18)32(28,29)26-11-13-30-14-12-26)24(27)25-10-9-19-7-8-22(31-4-2)15-21(19)17-25/h5-8,15-16H,3-4,9-14,17H2,1-2H3. The van der Waals surface area contributed by atoms with Crippen LogP contribution in [0.2, 0.25) is 0 Å². The van der Waals surface area contributed by atoms with Gasteiger partial charge in [-0.05, 0) is 60.7 Å². The Morgan fingerprint density at radius 1 is 1.03 bits per heavy atom. The van der Waals surface area contributed by atoms with Gasteiger partial charge in [-0.1, -0.05) is 19.1 Å². The molecule has 2 aliphatic rings. The van der Waals surface area contributed by atoms with E-state index in [0.717, 1.165) is 23.3 Å². The molecule has 2 aliphatic heterocycles. The predicted molar refractivity (Wildman–Crippen MR) is 121 cm³/mol. The normalized spacial score (nSPS) is 17.1. The molecule has 7 nitrogen and oxygen atoms in total. The summed E-state index contributed by atoms with van der Waals surface area (Å²) in [6.45, 7) is 6.96. The van der Waals surface area contributed by atoms with Gasteiger partial charge in [-0.2, -0.15) is 4.31 Å². The first-order valence-corrected chi connectivity index (χ1v) is 12.6. The zero-order chi connectivity index (χ0) is 22.7. The van der Waals surface area contributed by atoms with E-state index in [1.807, 2.05) is 26.0 Å². The van der Waals surface area contributed by atoms with Gasteiger partial charge in [-0.15, -0.1) is 0 Å². The second kappa shape index (κ2) is 9.60. The molecule has 0 unspecified atom stereocenters. The van der Waals surface area contributed by atoms with Gasteiger partial charge in [0.25, 0.3) is 5.91 Å². The maximum absolute atomic E-state index is 13.3. The Morgan fingerprint density at radius 3 is 2.53 bits per heavy atom. The molecule has 4 rings (SSSR count). The van der Waals surface area contributed by atoms with E-state index in [1.165, 1.54) is 9.87 Å². The van der Waals surface area contributed by atoms with Crippen LogP contribution in [0, 0.1) is 0 Å². The number of rotatable bonds is 6. The van der Waals surface area contributed by atoms with E-state index in [4.69, 9.17) is 9.47 Å². The van der Waals surface area contributed by atoms with Crippen molar-refractivity contribution in [1.82, 2.24) is 9.21 Å². The highest BCUT2D eigenvalue weighted by atomic mass is 32.2. The molecule has 0 saturated carbocycles. The van der Waals surface area contributed by atoms with Gasteiger partial charge in [0.05, 0.1) is 24.7 Å². The van der Waals surface area contributed by atoms with Crippen LogP contribution in [0.15, 0.2) is 41.3 Å². The molecule has 2 aromatic carbocycles.